The van der Waals surface area contributed by atoms with Crippen molar-refractivity contribution in [1.29, 1.82) is 0 Å². The molecule has 0 bridgehead atoms. The highest BCUT2D eigenvalue weighted by Gasteiger charge is 2.02. The van der Waals surface area contributed by atoms with Crippen molar-refractivity contribution in [3.63, 3.8) is 0 Å². The first-order valence-electron chi connectivity index (χ1n) is 4.10. The Morgan fingerprint density at radius 1 is 1.42 bits per heavy atom. The van der Waals surface area contributed by atoms with E-state index >= 15 is 0 Å². The number of rotatable bonds is 5. The van der Waals surface area contributed by atoms with Gasteiger partial charge in [-0.25, -0.2) is 4.79 Å². The molecule has 0 fully saturated rings. The lowest BCUT2D eigenvalue weighted by atomic mass is 10.1. The minimum atomic E-state index is -0.799. The van der Waals surface area contributed by atoms with Crippen LogP contribution in [0.3, 0.4) is 0 Å². The highest BCUT2D eigenvalue weighted by Crippen LogP contribution is 2.00. The highest BCUT2D eigenvalue weighted by atomic mass is 16.2. The van der Waals surface area contributed by atoms with Gasteiger partial charge in [-0.05, 0) is 6.42 Å². The van der Waals surface area contributed by atoms with Gasteiger partial charge in [0.15, 0.2) is 0 Å². The molecule has 0 spiro atoms. The maximum absolute atomic E-state index is 10.7. The van der Waals surface area contributed by atoms with Crippen LogP contribution in [-0.2, 0) is 4.79 Å². The summed E-state index contributed by atoms with van der Waals surface area (Å²) in [6.07, 6.45) is 5.34. The highest BCUT2D eigenvalue weighted by molar-refractivity contribution is 5.97. The second-order valence-electron chi connectivity index (χ2n) is 2.55. The summed E-state index contributed by atoms with van der Waals surface area (Å²) in [5, 5.41) is 1.96. The van der Waals surface area contributed by atoms with Crippen LogP contribution in [0.2, 0.25) is 0 Å². The average Bonchev–Trinajstić information content (AvgIpc) is 1.97. The number of primary amides is 1. The smallest absolute Gasteiger partial charge is 0.318 e. The first-order valence-corrected chi connectivity index (χ1v) is 4.10. The molecule has 0 aromatic heterocycles. The van der Waals surface area contributed by atoms with Crippen molar-refractivity contribution in [3.05, 3.63) is 6.42 Å². The Morgan fingerprint density at radius 3 is 2.58 bits per heavy atom. The minimum Gasteiger partial charge on any atom is -0.351 e. The topological polar surface area (TPSA) is 72.2 Å². The average molecular weight is 171 g/mol. The van der Waals surface area contributed by atoms with Crippen LogP contribution in [-0.4, -0.2) is 11.9 Å². The Morgan fingerprint density at radius 2 is 2.08 bits per heavy atom. The molecule has 12 heavy (non-hydrogen) atoms. The molecule has 0 aliphatic heterocycles. The summed E-state index contributed by atoms with van der Waals surface area (Å²) in [5.41, 5.74) is 4.73. The molecule has 0 heterocycles. The summed E-state index contributed by atoms with van der Waals surface area (Å²) in [6, 6.07) is -0.799. The predicted molar refractivity (Wildman–Crippen MR) is 46.2 cm³/mol. The summed E-state index contributed by atoms with van der Waals surface area (Å²) in [4.78, 5) is 20.9. The van der Waals surface area contributed by atoms with E-state index in [1.165, 1.54) is 6.42 Å². The number of urea groups is 1. The van der Waals surface area contributed by atoms with Crippen LogP contribution in [0, 0.1) is 6.42 Å². The van der Waals surface area contributed by atoms with Gasteiger partial charge in [-0.2, -0.15) is 0 Å². The Labute approximate surface area is 72.5 Å². The molecule has 3 N–H and O–H groups in total. The van der Waals surface area contributed by atoms with Gasteiger partial charge in [0, 0.05) is 0 Å². The molecule has 3 amide bonds. The molecular weight excluding hydrogens is 156 g/mol. The summed E-state index contributed by atoms with van der Waals surface area (Å²) in [5.74, 6) is -0.404. The maximum Gasteiger partial charge on any atom is 0.318 e. The number of amides is 3. The van der Waals surface area contributed by atoms with Gasteiger partial charge in [0.1, 0.15) is 0 Å². The fourth-order valence-electron chi connectivity index (χ4n) is 0.800. The third kappa shape index (κ3) is 7.05. The second-order valence-corrected chi connectivity index (χ2v) is 2.55. The fourth-order valence-corrected chi connectivity index (χ4v) is 0.800. The fraction of sp³-hybridized carbons (Fsp3) is 0.625. The van der Waals surface area contributed by atoms with Crippen LogP contribution in [0.15, 0.2) is 0 Å². The lowest BCUT2D eigenvalue weighted by Crippen LogP contribution is -2.34. The van der Waals surface area contributed by atoms with Gasteiger partial charge in [0.05, 0.1) is 6.42 Å². The standard InChI is InChI=1S/C8H15N2O2/c1-2-3-4-5-6-7(11)10-8(9)12/h6H,2-5H2,1H3,(H3,9,10,11,12). The van der Waals surface area contributed by atoms with Crippen LogP contribution < -0.4 is 11.1 Å². The Kier molecular flexibility index (Phi) is 6.05. The molecule has 0 saturated heterocycles. The molecule has 0 rings (SSSR count). The SMILES string of the molecule is CCCCC[CH]C(=O)NC(N)=O. The lowest BCUT2D eigenvalue weighted by molar-refractivity contribution is -0.116. The van der Waals surface area contributed by atoms with E-state index in [1.54, 1.807) is 0 Å². The van der Waals surface area contributed by atoms with Gasteiger partial charge < -0.3 is 5.73 Å². The van der Waals surface area contributed by atoms with Gasteiger partial charge in [0.25, 0.3) is 0 Å². The largest absolute Gasteiger partial charge is 0.351 e. The third-order valence-electron chi connectivity index (χ3n) is 1.38. The summed E-state index contributed by atoms with van der Waals surface area (Å²) >= 11 is 0. The van der Waals surface area contributed by atoms with Crippen molar-refractivity contribution in [3.8, 4) is 0 Å². The van der Waals surface area contributed by atoms with E-state index in [0.29, 0.717) is 6.42 Å². The molecule has 0 aliphatic rings. The minimum absolute atomic E-state index is 0.404. The first-order chi connectivity index (χ1) is 5.66. The van der Waals surface area contributed by atoms with Crippen molar-refractivity contribution < 1.29 is 9.59 Å². The molecule has 0 saturated carbocycles. The molecular formula is C8H15N2O2. The molecule has 1 radical (unpaired) electrons. The zero-order chi connectivity index (χ0) is 9.40. The summed E-state index contributed by atoms with van der Waals surface area (Å²) < 4.78 is 0. The monoisotopic (exact) mass is 171 g/mol. The Bertz CT molecular complexity index is 157. The zero-order valence-corrected chi connectivity index (χ0v) is 7.30. The van der Waals surface area contributed by atoms with E-state index in [1.807, 2.05) is 5.32 Å². The van der Waals surface area contributed by atoms with Crippen molar-refractivity contribution in [1.82, 2.24) is 5.32 Å². The van der Waals surface area contributed by atoms with Gasteiger partial charge in [-0.15, -0.1) is 0 Å². The molecule has 4 heteroatoms. The molecule has 0 unspecified atom stereocenters. The number of nitrogens with two attached hydrogens (primary N) is 1. The number of carbonyl (C=O) groups excluding carboxylic acids is 2. The molecule has 0 atom stereocenters. The molecule has 4 nitrogen and oxygen atoms in total. The molecule has 0 aromatic carbocycles. The van der Waals surface area contributed by atoms with E-state index in [4.69, 9.17) is 5.73 Å². The summed E-state index contributed by atoms with van der Waals surface area (Å²) in [6.45, 7) is 2.09. The lowest BCUT2D eigenvalue weighted by Gasteiger charge is -1.99. The zero-order valence-electron chi connectivity index (χ0n) is 7.30. The first kappa shape index (κ1) is 10.9. The van der Waals surface area contributed by atoms with Gasteiger partial charge in [-0.1, -0.05) is 26.2 Å². The van der Waals surface area contributed by atoms with E-state index in [-0.39, 0.29) is 0 Å². The number of unbranched alkanes of at least 4 members (excludes halogenated alkanes) is 3. The molecule has 0 aliphatic carbocycles. The van der Waals surface area contributed by atoms with Gasteiger partial charge in [-0.3, -0.25) is 10.1 Å². The normalized spacial score (nSPS) is 9.42. The van der Waals surface area contributed by atoms with Crippen LogP contribution in [0.25, 0.3) is 0 Å². The quantitative estimate of drug-likeness (QED) is 0.605. The van der Waals surface area contributed by atoms with E-state index < -0.39 is 11.9 Å². The van der Waals surface area contributed by atoms with Gasteiger partial charge in [0.2, 0.25) is 5.91 Å². The number of imide groups is 1. The van der Waals surface area contributed by atoms with Crippen LogP contribution in [0.1, 0.15) is 32.6 Å². The van der Waals surface area contributed by atoms with Crippen LogP contribution in [0.4, 0.5) is 4.79 Å². The van der Waals surface area contributed by atoms with Crippen molar-refractivity contribution in [2.24, 2.45) is 5.73 Å². The third-order valence-corrected chi connectivity index (χ3v) is 1.38. The Balaban J connectivity index is 3.26. The van der Waals surface area contributed by atoms with E-state index in [9.17, 15) is 9.59 Å². The number of carbonyl (C=O) groups is 2. The van der Waals surface area contributed by atoms with E-state index in [0.717, 1.165) is 19.3 Å². The molecule has 0 aromatic rings. The number of hydrogen-bond acceptors (Lipinski definition) is 2. The van der Waals surface area contributed by atoms with Crippen molar-refractivity contribution >= 4 is 11.9 Å². The predicted octanol–water partition coefficient (Wildman–Crippen LogP) is 0.966. The van der Waals surface area contributed by atoms with Crippen molar-refractivity contribution in [2.45, 2.75) is 32.6 Å². The number of hydrogen-bond donors (Lipinski definition) is 2. The van der Waals surface area contributed by atoms with E-state index in [2.05, 4.69) is 6.92 Å². The molecule has 69 valence electrons. The second kappa shape index (κ2) is 6.64. The Hall–Kier alpha value is -1.06. The summed E-state index contributed by atoms with van der Waals surface area (Å²) in [7, 11) is 0. The number of nitrogens with one attached hydrogen (secondary N) is 1. The van der Waals surface area contributed by atoms with Crippen molar-refractivity contribution in [2.75, 3.05) is 0 Å². The maximum atomic E-state index is 10.7. The van der Waals surface area contributed by atoms with Crippen LogP contribution in [0.5, 0.6) is 0 Å². The van der Waals surface area contributed by atoms with Gasteiger partial charge >= 0.3 is 6.03 Å². The van der Waals surface area contributed by atoms with Crippen LogP contribution >= 0.6 is 0 Å².